The first-order valence-electron chi connectivity index (χ1n) is 7.18. The summed E-state index contributed by atoms with van der Waals surface area (Å²) in [6.07, 6.45) is 3.16. The van der Waals surface area contributed by atoms with E-state index in [0.717, 1.165) is 44.5 Å². The third-order valence-corrected chi connectivity index (χ3v) is 5.98. The van der Waals surface area contributed by atoms with Crippen LogP contribution in [0.25, 0.3) is 0 Å². The molecule has 3 heterocycles. The van der Waals surface area contributed by atoms with Gasteiger partial charge in [-0.3, -0.25) is 4.18 Å². The van der Waals surface area contributed by atoms with Gasteiger partial charge in [-0.05, 0) is 63.4 Å². The maximum Gasteiger partial charge on any atom is 0.296 e. The fourth-order valence-electron chi connectivity index (χ4n) is 3.09. The van der Waals surface area contributed by atoms with Gasteiger partial charge in [0.05, 0.1) is 11.5 Å². The molecule has 0 spiro atoms. The number of rotatable bonds is 4. The molecule has 5 heteroatoms. The average Bonchev–Trinajstić information content (AvgIpc) is 2.48. The van der Waals surface area contributed by atoms with Crippen molar-refractivity contribution in [2.45, 2.75) is 31.1 Å². The van der Waals surface area contributed by atoms with E-state index in [0.29, 0.717) is 6.61 Å². The number of fused-ring (bicyclic) bond motifs is 3. The van der Waals surface area contributed by atoms with E-state index in [1.54, 1.807) is 24.3 Å². The quantitative estimate of drug-likeness (QED) is 0.799. The van der Waals surface area contributed by atoms with E-state index < -0.39 is 10.1 Å². The van der Waals surface area contributed by atoms with Gasteiger partial charge in [-0.15, -0.1) is 0 Å². The lowest BCUT2D eigenvalue weighted by Crippen LogP contribution is -2.50. The van der Waals surface area contributed by atoms with Crippen molar-refractivity contribution in [3.8, 4) is 0 Å². The minimum atomic E-state index is -3.62. The Morgan fingerprint density at radius 2 is 1.65 bits per heavy atom. The van der Waals surface area contributed by atoms with Crippen LogP contribution in [0.5, 0.6) is 0 Å². The fraction of sp³-hybridized carbons (Fsp3) is 0.600. The minimum Gasteiger partial charge on any atom is -0.303 e. The highest BCUT2D eigenvalue weighted by molar-refractivity contribution is 7.86. The molecule has 3 fully saturated rings. The summed E-state index contributed by atoms with van der Waals surface area (Å²) >= 11 is 0. The highest BCUT2D eigenvalue weighted by Crippen LogP contribution is 2.40. The molecule has 2 bridgehead atoms. The molecule has 110 valence electrons. The van der Waals surface area contributed by atoms with Gasteiger partial charge < -0.3 is 4.90 Å². The molecule has 0 aromatic heterocycles. The maximum atomic E-state index is 12.2. The molecular formula is C15H21NO3S. The molecule has 4 nitrogen and oxygen atoms in total. The Hall–Kier alpha value is -0.910. The van der Waals surface area contributed by atoms with Crippen molar-refractivity contribution >= 4 is 10.1 Å². The number of benzene rings is 1. The van der Waals surface area contributed by atoms with E-state index in [9.17, 15) is 8.42 Å². The Kier molecular flexibility index (Phi) is 3.60. The van der Waals surface area contributed by atoms with Crippen LogP contribution in [-0.4, -0.2) is 39.6 Å². The van der Waals surface area contributed by atoms with Gasteiger partial charge in [0, 0.05) is 0 Å². The van der Waals surface area contributed by atoms with E-state index in [4.69, 9.17) is 4.18 Å². The van der Waals surface area contributed by atoms with Crippen LogP contribution in [0.2, 0.25) is 0 Å². The predicted octanol–water partition coefficient (Wildman–Crippen LogP) is 2.19. The van der Waals surface area contributed by atoms with Gasteiger partial charge in [0.25, 0.3) is 10.1 Å². The lowest BCUT2D eigenvalue weighted by molar-refractivity contribution is -0.00602. The number of piperidine rings is 3. The van der Waals surface area contributed by atoms with Crippen molar-refractivity contribution in [3.63, 3.8) is 0 Å². The molecule has 0 aliphatic carbocycles. The molecule has 0 amide bonds. The number of aryl methyl sites for hydroxylation is 1. The van der Waals surface area contributed by atoms with Gasteiger partial charge in [-0.25, -0.2) is 0 Å². The van der Waals surface area contributed by atoms with Gasteiger partial charge in [0.15, 0.2) is 0 Å². The van der Waals surface area contributed by atoms with Gasteiger partial charge in [0.1, 0.15) is 0 Å². The summed E-state index contributed by atoms with van der Waals surface area (Å²) in [5.41, 5.74) is 1.12. The highest BCUT2D eigenvalue weighted by atomic mass is 32.2. The second-order valence-corrected chi connectivity index (χ2v) is 7.74. The molecule has 0 atom stereocenters. The third-order valence-electron chi connectivity index (χ3n) is 4.71. The summed E-state index contributed by atoms with van der Waals surface area (Å²) < 4.78 is 29.8. The predicted molar refractivity (Wildman–Crippen MR) is 77.0 cm³/mol. The number of hydrogen-bond acceptors (Lipinski definition) is 4. The first-order chi connectivity index (χ1) is 9.49. The number of hydrogen-bond donors (Lipinski definition) is 0. The molecule has 1 aromatic carbocycles. The molecule has 0 unspecified atom stereocenters. The van der Waals surface area contributed by atoms with E-state index >= 15 is 0 Å². The van der Waals surface area contributed by atoms with Gasteiger partial charge in [-0.2, -0.15) is 8.42 Å². The minimum absolute atomic E-state index is 0.0759. The van der Waals surface area contributed by atoms with E-state index in [-0.39, 0.29) is 10.3 Å². The Labute approximate surface area is 120 Å². The van der Waals surface area contributed by atoms with Crippen LogP contribution in [0.3, 0.4) is 0 Å². The topological polar surface area (TPSA) is 46.6 Å². The third kappa shape index (κ3) is 2.75. The first kappa shape index (κ1) is 14.0. The maximum absolute atomic E-state index is 12.2. The summed E-state index contributed by atoms with van der Waals surface area (Å²) in [7, 11) is -3.62. The number of nitrogens with zero attached hydrogens (tertiary/aromatic N) is 1. The average molecular weight is 295 g/mol. The molecular weight excluding hydrogens is 274 g/mol. The van der Waals surface area contributed by atoms with Crippen molar-refractivity contribution in [2.75, 3.05) is 26.2 Å². The molecule has 3 aliphatic rings. The second-order valence-electron chi connectivity index (χ2n) is 6.12. The molecule has 0 N–H and O–H groups in total. The van der Waals surface area contributed by atoms with Crippen LogP contribution in [0, 0.1) is 12.3 Å². The van der Waals surface area contributed by atoms with Crippen molar-refractivity contribution in [1.82, 2.24) is 4.90 Å². The lowest BCUT2D eigenvalue weighted by Gasteiger charge is -2.47. The normalized spacial score (nSPS) is 29.6. The Bertz CT molecular complexity index is 558. The Morgan fingerprint density at radius 3 is 2.20 bits per heavy atom. The smallest absolute Gasteiger partial charge is 0.296 e. The molecule has 3 aliphatic heterocycles. The van der Waals surface area contributed by atoms with Crippen molar-refractivity contribution in [2.24, 2.45) is 5.41 Å². The summed E-state index contributed by atoms with van der Waals surface area (Å²) in [5.74, 6) is 0. The lowest BCUT2D eigenvalue weighted by atomic mass is 9.73. The summed E-state index contributed by atoms with van der Waals surface area (Å²) in [6, 6.07) is 6.83. The summed E-state index contributed by atoms with van der Waals surface area (Å²) in [6.45, 7) is 5.50. The first-order valence-corrected chi connectivity index (χ1v) is 8.59. The molecule has 0 saturated carbocycles. The van der Waals surface area contributed by atoms with Crippen LogP contribution < -0.4 is 0 Å². The summed E-state index contributed by atoms with van der Waals surface area (Å²) in [4.78, 5) is 2.70. The zero-order valence-electron chi connectivity index (χ0n) is 11.8. The van der Waals surface area contributed by atoms with Crippen molar-refractivity contribution in [1.29, 1.82) is 0 Å². The van der Waals surface area contributed by atoms with Gasteiger partial charge in [0.2, 0.25) is 0 Å². The fourth-order valence-corrected chi connectivity index (χ4v) is 4.10. The van der Waals surface area contributed by atoms with E-state index in [1.807, 2.05) is 6.92 Å². The second kappa shape index (κ2) is 5.13. The SMILES string of the molecule is Cc1ccc(S(=O)(=O)OCC23CCN(CC2)CC3)cc1. The standard InChI is InChI=1S/C15H21NO3S/c1-13-2-4-14(5-3-13)20(17,18)19-12-15-6-9-16(10-7-15)11-8-15/h2-5H,6-12H2,1H3. The van der Waals surface area contributed by atoms with Crippen LogP contribution in [0.15, 0.2) is 29.2 Å². The molecule has 1 aromatic rings. The zero-order chi connectivity index (χ0) is 14.2. The van der Waals surface area contributed by atoms with Crippen LogP contribution in [0.4, 0.5) is 0 Å². The van der Waals surface area contributed by atoms with Crippen molar-refractivity contribution < 1.29 is 12.6 Å². The Balaban J connectivity index is 1.69. The van der Waals surface area contributed by atoms with Crippen LogP contribution in [0.1, 0.15) is 24.8 Å². The molecule has 3 saturated heterocycles. The van der Waals surface area contributed by atoms with Gasteiger partial charge in [-0.1, -0.05) is 17.7 Å². The van der Waals surface area contributed by atoms with Gasteiger partial charge >= 0.3 is 0 Å². The molecule has 20 heavy (non-hydrogen) atoms. The monoisotopic (exact) mass is 295 g/mol. The van der Waals surface area contributed by atoms with E-state index in [2.05, 4.69) is 4.90 Å². The van der Waals surface area contributed by atoms with Crippen LogP contribution >= 0.6 is 0 Å². The zero-order valence-corrected chi connectivity index (χ0v) is 12.7. The Morgan fingerprint density at radius 1 is 1.10 bits per heavy atom. The molecule has 4 rings (SSSR count). The summed E-state index contributed by atoms with van der Waals surface area (Å²) in [5, 5.41) is 0. The molecule has 0 radical (unpaired) electrons. The largest absolute Gasteiger partial charge is 0.303 e. The van der Waals surface area contributed by atoms with Crippen LogP contribution in [-0.2, 0) is 14.3 Å². The van der Waals surface area contributed by atoms with Crippen molar-refractivity contribution in [3.05, 3.63) is 29.8 Å². The highest BCUT2D eigenvalue weighted by Gasteiger charge is 2.40. The van der Waals surface area contributed by atoms with E-state index in [1.165, 1.54) is 0 Å².